The van der Waals surface area contributed by atoms with Gasteiger partial charge in [-0.25, -0.2) is 4.98 Å². The normalized spacial score (nSPS) is 10.7. The number of pyridine rings is 1. The first-order valence-corrected chi connectivity index (χ1v) is 8.06. The van der Waals surface area contributed by atoms with Gasteiger partial charge >= 0.3 is 11.5 Å². The molecule has 6 nitrogen and oxygen atoms in total. The molecule has 0 unspecified atom stereocenters. The van der Waals surface area contributed by atoms with Gasteiger partial charge in [0.25, 0.3) is 5.91 Å². The molecule has 2 aromatic carbocycles. The van der Waals surface area contributed by atoms with Gasteiger partial charge in [-0.2, -0.15) is 0 Å². The highest BCUT2D eigenvalue weighted by atomic mass is 16.5. The lowest BCUT2D eigenvalue weighted by Gasteiger charge is -2.09. The third-order valence-corrected chi connectivity index (χ3v) is 3.94. The molecular formula is C20H16N3O3+. The van der Waals surface area contributed by atoms with Gasteiger partial charge in [-0.3, -0.25) is 4.79 Å². The minimum absolute atomic E-state index is 0.245. The van der Waals surface area contributed by atoms with Crippen molar-refractivity contribution >= 4 is 22.8 Å². The van der Waals surface area contributed by atoms with Gasteiger partial charge in [0, 0.05) is 10.7 Å². The molecule has 1 amide bonds. The number of amides is 1. The number of fused-ring (bicyclic) bond motifs is 1. The van der Waals surface area contributed by atoms with Crippen LogP contribution in [0, 0.1) is 0 Å². The van der Waals surface area contributed by atoms with Gasteiger partial charge in [0.2, 0.25) is 5.58 Å². The number of methoxy groups -OCH3 is 1. The lowest BCUT2D eigenvalue weighted by molar-refractivity contribution is -0.347. The summed E-state index contributed by atoms with van der Waals surface area (Å²) in [6, 6.07) is 18.1. The number of carbonyl (C=O) groups excluding carboxylic acids is 1. The van der Waals surface area contributed by atoms with Crippen LogP contribution in [0.5, 0.6) is 5.75 Å². The third kappa shape index (κ3) is 3.00. The number of ether oxygens (including phenoxy) is 1. The predicted octanol–water partition coefficient (Wildman–Crippen LogP) is 3.57. The van der Waals surface area contributed by atoms with E-state index in [-0.39, 0.29) is 5.91 Å². The summed E-state index contributed by atoms with van der Waals surface area (Å²) in [4.78, 5) is 20.0. The molecule has 0 saturated carbocycles. The van der Waals surface area contributed by atoms with Crippen LogP contribution in [0.1, 0.15) is 10.4 Å². The molecule has 0 aliphatic carbocycles. The number of rotatable bonds is 4. The minimum atomic E-state index is -0.245. The summed E-state index contributed by atoms with van der Waals surface area (Å²) in [6.45, 7) is 0. The fraction of sp³-hybridized carbons (Fsp3) is 0.0500. The Morgan fingerprint density at radius 3 is 2.85 bits per heavy atom. The highest BCUT2D eigenvalue weighted by molar-refractivity contribution is 6.06. The van der Waals surface area contributed by atoms with Gasteiger partial charge in [-0.05, 0) is 42.5 Å². The Morgan fingerprint density at radius 2 is 2.00 bits per heavy atom. The molecule has 0 aliphatic rings. The van der Waals surface area contributed by atoms with Gasteiger partial charge in [-0.15, -0.1) is 0 Å². The fourth-order valence-electron chi connectivity index (χ4n) is 2.69. The number of benzene rings is 2. The highest BCUT2D eigenvalue weighted by Gasteiger charge is 2.17. The summed E-state index contributed by atoms with van der Waals surface area (Å²) in [5.74, 6) is 0.761. The van der Waals surface area contributed by atoms with Crippen molar-refractivity contribution in [3.8, 4) is 17.2 Å². The number of nitrogens with zero attached hydrogens (tertiary/aromatic N) is 1. The minimum Gasteiger partial charge on any atom is -0.496 e. The molecule has 2 heterocycles. The molecule has 2 N–H and O–H groups in total. The van der Waals surface area contributed by atoms with Crippen LogP contribution in [0.25, 0.3) is 22.7 Å². The van der Waals surface area contributed by atoms with E-state index in [0.29, 0.717) is 34.1 Å². The molecule has 26 heavy (non-hydrogen) atoms. The number of carbonyl (C=O) groups is 1. The molecule has 2 aromatic heterocycles. The summed E-state index contributed by atoms with van der Waals surface area (Å²) < 4.78 is 11.0. The van der Waals surface area contributed by atoms with Crippen molar-refractivity contribution in [1.29, 1.82) is 0 Å². The van der Waals surface area contributed by atoms with Crippen molar-refractivity contribution < 1.29 is 18.9 Å². The zero-order chi connectivity index (χ0) is 17.9. The molecule has 0 spiro atoms. The summed E-state index contributed by atoms with van der Waals surface area (Å²) in [7, 11) is 1.54. The van der Waals surface area contributed by atoms with E-state index in [9.17, 15) is 4.79 Å². The van der Waals surface area contributed by atoms with E-state index in [4.69, 9.17) is 9.15 Å². The zero-order valence-corrected chi connectivity index (χ0v) is 14.0. The van der Waals surface area contributed by atoms with Gasteiger partial charge in [-0.1, -0.05) is 18.2 Å². The van der Waals surface area contributed by atoms with Crippen molar-refractivity contribution in [3.63, 3.8) is 0 Å². The first kappa shape index (κ1) is 15.8. The third-order valence-electron chi connectivity index (χ3n) is 3.94. The molecule has 0 bridgehead atoms. The second-order valence-electron chi connectivity index (χ2n) is 5.64. The smallest absolute Gasteiger partial charge is 0.368 e. The number of aromatic amines is 1. The number of anilines is 1. The molecule has 0 fully saturated rings. The van der Waals surface area contributed by atoms with E-state index in [2.05, 4.69) is 15.3 Å². The van der Waals surface area contributed by atoms with E-state index < -0.39 is 0 Å². The fourth-order valence-corrected chi connectivity index (χ4v) is 2.69. The van der Waals surface area contributed by atoms with Crippen LogP contribution in [-0.2, 0) is 0 Å². The maximum atomic E-state index is 12.5. The van der Waals surface area contributed by atoms with Crippen LogP contribution >= 0.6 is 0 Å². The van der Waals surface area contributed by atoms with Crippen molar-refractivity contribution in [2.45, 2.75) is 0 Å². The zero-order valence-electron chi connectivity index (χ0n) is 14.0. The Bertz CT molecular complexity index is 1060. The molecule has 4 aromatic rings. The van der Waals surface area contributed by atoms with Crippen molar-refractivity contribution in [2.24, 2.45) is 0 Å². The lowest BCUT2D eigenvalue weighted by atomic mass is 10.1. The Morgan fingerprint density at radius 1 is 1.12 bits per heavy atom. The molecule has 0 aliphatic heterocycles. The van der Waals surface area contributed by atoms with Crippen molar-refractivity contribution in [3.05, 3.63) is 72.4 Å². The van der Waals surface area contributed by atoms with Gasteiger partial charge < -0.3 is 14.5 Å². The predicted molar refractivity (Wildman–Crippen MR) is 96.9 cm³/mol. The standard InChI is InChI=1S/C20H15N3O3/c1-25-16-9-3-2-8-15(16)19(24)22-14-7-4-6-13(12-14)20-23-18-17(26-20)10-5-11-21-18/h2-12H,1H3,(H,22,24)/p+1. The summed E-state index contributed by atoms with van der Waals surface area (Å²) >= 11 is 0. The van der Waals surface area contributed by atoms with Crippen LogP contribution < -0.4 is 15.0 Å². The van der Waals surface area contributed by atoms with Crippen LogP contribution in [0.15, 0.2) is 71.3 Å². The van der Waals surface area contributed by atoms with E-state index in [1.54, 1.807) is 24.4 Å². The molecule has 0 saturated heterocycles. The van der Waals surface area contributed by atoms with Gasteiger partial charge in [0.1, 0.15) is 5.75 Å². The maximum Gasteiger partial charge on any atom is 0.368 e. The van der Waals surface area contributed by atoms with Crippen LogP contribution in [0.4, 0.5) is 5.69 Å². The highest BCUT2D eigenvalue weighted by Crippen LogP contribution is 2.25. The Labute approximate surface area is 149 Å². The SMILES string of the molecule is COc1ccccc1C(=O)Nc1cccc(-c2nc3[nH+]cccc3o2)c1. The monoisotopic (exact) mass is 346 g/mol. The molecule has 4 rings (SSSR count). The second-order valence-corrected chi connectivity index (χ2v) is 5.64. The molecule has 0 atom stereocenters. The average Bonchev–Trinajstić information content (AvgIpc) is 3.12. The van der Waals surface area contributed by atoms with Crippen LogP contribution in [0.3, 0.4) is 0 Å². The Kier molecular flexibility index (Phi) is 4.07. The number of hydrogen-bond donors (Lipinski definition) is 1. The number of H-pyrrole nitrogens is 1. The largest absolute Gasteiger partial charge is 0.496 e. The quantitative estimate of drug-likeness (QED) is 0.613. The second kappa shape index (κ2) is 6.68. The average molecular weight is 346 g/mol. The van der Waals surface area contributed by atoms with Crippen molar-refractivity contribution in [2.75, 3.05) is 12.4 Å². The first-order chi connectivity index (χ1) is 12.7. The molecular weight excluding hydrogens is 330 g/mol. The van der Waals surface area contributed by atoms with Gasteiger partial charge in [0.05, 0.1) is 24.4 Å². The lowest BCUT2D eigenvalue weighted by Crippen LogP contribution is -2.13. The first-order valence-electron chi connectivity index (χ1n) is 8.06. The number of nitrogens with one attached hydrogen (secondary N) is 2. The summed E-state index contributed by atoms with van der Waals surface area (Å²) in [6.07, 6.45) is 1.79. The van der Waals surface area contributed by atoms with E-state index in [1.807, 2.05) is 42.5 Å². The Hall–Kier alpha value is -3.67. The molecule has 6 heteroatoms. The van der Waals surface area contributed by atoms with Gasteiger partial charge in [0.15, 0.2) is 0 Å². The van der Waals surface area contributed by atoms with E-state index >= 15 is 0 Å². The number of para-hydroxylation sites is 1. The number of hydrogen-bond acceptors (Lipinski definition) is 4. The van der Waals surface area contributed by atoms with Crippen molar-refractivity contribution in [1.82, 2.24) is 4.98 Å². The molecule has 128 valence electrons. The van der Waals surface area contributed by atoms with E-state index in [1.165, 1.54) is 7.11 Å². The van der Waals surface area contributed by atoms with E-state index in [0.717, 1.165) is 5.56 Å². The van der Waals surface area contributed by atoms with Crippen LogP contribution in [-0.4, -0.2) is 18.0 Å². The topological polar surface area (TPSA) is 78.5 Å². The number of aromatic nitrogens is 2. The Balaban J connectivity index is 1.62. The summed E-state index contributed by atoms with van der Waals surface area (Å²) in [5, 5.41) is 2.88. The van der Waals surface area contributed by atoms with Crippen LogP contribution in [0.2, 0.25) is 0 Å². The number of oxazole rings is 1. The molecule has 0 radical (unpaired) electrons. The maximum absolute atomic E-state index is 12.5. The summed E-state index contributed by atoms with van der Waals surface area (Å²) in [5.41, 5.74) is 3.23.